The molecule has 0 radical (unpaired) electrons. The van der Waals surface area contributed by atoms with Gasteiger partial charge in [-0.1, -0.05) is 0 Å². The normalized spacial score (nSPS) is 46.1. The molecule has 2 unspecified atom stereocenters. The Bertz CT molecular complexity index is 97.9. The minimum absolute atomic E-state index is 0.337. The minimum Gasteiger partial charge on any atom is -0.297 e. The number of rotatable bonds is 1. The molecule has 2 aliphatic rings. The van der Waals surface area contributed by atoms with Gasteiger partial charge in [0.05, 0.1) is 0 Å². The van der Waals surface area contributed by atoms with Crippen LogP contribution in [-0.2, 0) is 0 Å². The monoisotopic (exact) mass is 115 g/mol. The first kappa shape index (κ1) is 4.74. The van der Waals surface area contributed by atoms with Crippen LogP contribution in [0.25, 0.3) is 0 Å². The highest BCUT2D eigenvalue weighted by Crippen LogP contribution is 2.33. The molecule has 46 valence electrons. The predicted octanol–water partition coefficient (Wildman–Crippen LogP) is 0.802. The Kier molecular flexibility index (Phi) is 0.852. The van der Waals surface area contributed by atoms with Crippen LogP contribution in [0.2, 0.25) is 0 Å². The summed E-state index contributed by atoms with van der Waals surface area (Å²) in [6.45, 7) is 2.29. The molecule has 8 heavy (non-hydrogen) atoms. The molecule has 1 heterocycles. The SMILES string of the molecule is FC1CC1N1CCC1. The van der Waals surface area contributed by atoms with Crippen molar-refractivity contribution in [1.29, 1.82) is 0 Å². The zero-order valence-electron chi connectivity index (χ0n) is 4.81. The van der Waals surface area contributed by atoms with Crippen molar-refractivity contribution in [2.45, 2.75) is 25.1 Å². The number of hydrogen-bond acceptors (Lipinski definition) is 1. The summed E-state index contributed by atoms with van der Waals surface area (Å²) in [7, 11) is 0. The lowest BCUT2D eigenvalue weighted by atomic mass is 10.2. The molecule has 1 nitrogen and oxygen atoms in total. The van der Waals surface area contributed by atoms with Crippen molar-refractivity contribution in [2.24, 2.45) is 0 Å². The molecule has 0 amide bonds. The Hall–Kier alpha value is -0.110. The van der Waals surface area contributed by atoms with E-state index in [0.29, 0.717) is 6.04 Å². The van der Waals surface area contributed by atoms with Gasteiger partial charge in [0.1, 0.15) is 6.17 Å². The van der Waals surface area contributed by atoms with E-state index in [1.165, 1.54) is 6.42 Å². The van der Waals surface area contributed by atoms with Crippen LogP contribution in [0.15, 0.2) is 0 Å². The summed E-state index contributed by atoms with van der Waals surface area (Å²) in [6.07, 6.45) is 1.61. The Morgan fingerprint density at radius 1 is 1.38 bits per heavy atom. The van der Waals surface area contributed by atoms with Crippen LogP contribution in [-0.4, -0.2) is 30.2 Å². The highest BCUT2D eigenvalue weighted by molar-refractivity contribution is 4.98. The molecule has 1 aliphatic heterocycles. The van der Waals surface area contributed by atoms with E-state index in [4.69, 9.17) is 0 Å². The molecule has 0 aromatic carbocycles. The highest BCUT2D eigenvalue weighted by atomic mass is 19.1. The molecule has 2 rings (SSSR count). The summed E-state index contributed by atoms with van der Waals surface area (Å²) in [4.78, 5) is 2.23. The van der Waals surface area contributed by atoms with E-state index in [9.17, 15) is 4.39 Å². The molecular formula is C6H10FN. The third kappa shape index (κ3) is 0.558. The molecule has 0 aromatic rings. The largest absolute Gasteiger partial charge is 0.297 e. The molecule has 1 aliphatic carbocycles. The first-order chi connectivity index (χ1) is 3.88. The van der Waals surface area contributed by atoms with Crippen LogP contribution in [0, 0.1) is 0 Å². The Balaban J connectivity index is 1.82. The van der Waals surface area contributed by atoms with Crippen LogP contribution in [0.5, 0.6) is 0 Å². The second-order valence-corrected chi connectivity index (χ2v) is 2.71. The van der Waals surface area contributed by atoms with E-state index in [-0.39, 0.29) is 0 Å². The number of hydrogen-bond donors (Lipinski definition) is 0. The van der Waals surface area contributed by atoms with E-state index in [1.54, 1.807) is 0 Å². The van der Waals surface area contributed by atoms with Gasteiger partial charge in [-0.25, -0.2) is 4.39 Å². The van der Waals surface area contributed by atoms with E-state index < -0.39 is 6.17 Å². The third-order valence-corrected chi connectivity index (χ3v) is 2.04. The maximum Gasteiger partial charge on any atom is 0.117 e. The zero-order chi connectivity index (χ0) is 5.56. The number of alkyl halides is 1. The van der Waals surface area contributed by atoms with Crippen LogP contribution < -0.4 is 0 Å². The van der Waals surface area contributed by atoms with Gasteiger partial charge in [0.15, 0.2) is 0 Å². The fourth-order valence-electron chi connectivity index (χ4n) is 1.20. The Morgan fingerprint density at radius 3 is 2.12 bits per heavy atom. The van der Waals surface area contributed by atoms with Crippen molar-refractivity contribution < 1.29 is 4.39 Å². The topological polar surface area (TPSA) is 3.24 Å². The molecule has 1 saturated carbocycles. The maximum atomic E-state index is 12.2. The van der Waals surface area contributed by atoms with Crippen LogP contribution >= 0.6 is 0 Å². The first-order valence-electron chi connectivity index (χ1n) is 3.26. The van der Waals surface area contributed by atoms with E-state index in [1.807, 2.05) is 0 Å². The average molecular weight is 115 g/mol. The van der Waals surface area contributed by atoms with Gasteiger partial charge >= 0.3 is 0 Å². The van der Waals surface area contributed by atoms with Gasteiger partial charge in [-0.2, -0.15) is 0 Å². The zero-order valence-corrected chi connectivity index (χ0v) is 4.81. The van der Waals surface area contributed by atoms with Gasteiger partial charge in [-0.05, 0) is 25.9 Å². The van der Waals surface area contributed by atoms with Crippen LogP contribution in [0.3, 0.4) is 0 Å². The molecule has 0 spiro atoms. The molecule has 2 atom stereocenters. The van der Waals surface area contributed by atoms with E-state index >= 15 is 0 Å². The lowest BCUT2D eigenvalue weighted by Gasteiger charge is -2.30. The van der Waals surface area contributed by atoms with Gasteiger partial charge in [-0.3, -0.25) is 4.90 Å². The van der Waals surface area contributed by atoms with Crippen molar-refractivity contribution in [3.05, 3.63) is 0 Å². The van der Waals surface area contributed by atoms with Gasteiger partial charge in [0.25, 0.3) is 0 Å². The smallest absolute Gasteiger partial charge is 0.117 e. The number of halogens is 1. The summed E-state index contributed by atoms with van der Waals surface area (Å²) >= 11 is 0. The van der Waals surface area contributed by atoms with E-state index in [0.717, 1.165) is 19.5 Å². The standard InChI is InChI=1S/C6H10FN/c7-5-4-6(5)8-2-1-3-8/h5-6H,1-4H2. The predicted molar refractivity (Wildman–Crippen MR) is 29.5 cm³/mol. The molecule has 1 saturated heterocycles. The van der Waals surface area contributed by atoms with Crippen molar-refractivity contribution in [2.75, 3.05) is 13.1 Å². The van der Waals surface area contributed by atoms with Crippen LogP contribution in [0.1, 0.15) is 12.8 Å². The fourth-order valence-corrected chi connectivity index (χ4v) is 1.20. The Labute approximate surface area is 48.5 Å². The summed E-state index contributed by atoms with van der Waals surface area (Å²) in [5.41, 5.74) is 0. The van der Waals surface area contributed by atoms with Gasteiger partial charge in [-0.15, -0.1) is 0 Å². The molecule has 0 aromatic heterocycles. The minimum atomic E-state index is -0.477. The van der Waals surface area contributed by atoms with Crippen molar-refractivity contribution in [3.63, 3.8) is 0 Å². The van der Waals surface area contributed by atoms with Gasteiger partial charge in [0.2, 0.25) is 0 Å². The summed E-state index contributed by atoms with van der Waals surface area (Å²) in [5, 5.41) is 0. The van der Waals surface area contributed by atoms with Gasteiger partial charge < -0.3 is 0 Å². The van der Waals surface area contributed by atoms with Crippen molar-refractivity contribution in [1.82, 2.24) is 4.90 Å². The maximum absolute atomic E-state index is 12.2. The average Bonchev–Trinajstić information content (AvgIpc) is 2.13. The van der Waals surface area contributed by atoms with Crippen LogP contribution in [0.4, 0.5) is 4.39 Å². The second-order valence-electron chi connectivity index (χ2n) is 2.71. The Morgan fingerprint density at radius 2 is 2.00 bits per heavy atom. The molecular weight excluding hydrogens is 105 g/mol. The third-order valence-electron chi connectivity index (χ3n) is 2.04. The second kappa shape index (κ2) is 1.44. The quantitative estimate of drug-likeness (QED) is 0.488. The molecule has 2 fully saturated rings. The molecule has 0 bridgehead atoms. The lowest BCUT2D eigenvalue weighted by molar-refractivity contribution is 0.155. The van der Waals surface area contributed by atoms with Crippen molar-refractivity contribution >= 4 is 0 Å². The first-order valence-corrected chi connectivity index (χ1v) is 3.26. The van der Waals surface area contributed by atoms with Crippen molar-refractivity contribution in [3.8, 4) is 0 Å². The van der Waals surface area contributed by atoms with Gasteiger partial charge in [0, 0.05) is 6.04 Å². The molecule has 0 N–H and O–H groups in total. The molecule has 2 heteroatoms. The summed E-state index contributed by atoms with van der Waals surface area (Å²) < 4.78 is 12.2. The van der Waals surface area contributed by atoms with E-state index in [2.05, 4.69) is 4.90 Å². The number of likely N-dealkylation sites (tertiary alicyclic amines) is 1. The highest BCUT2D eigenvalue weighted by Gasteiger charge is 2.43. The number of nitrogens with zero attached hydrogens (tertiary/aromatic N) is 1. The summed E-state index contributed by atoms with van der Waals surface area (Å²) in [6, 6.07) is 0.337. The fraction of sp³-hybridized carbons (Fsp3) is 1.00. The summed E-state index contributed by atoms with van der Waals surface area (Å²) in [5.74, 6) is 0. The lowest BCUT2D eigenvalue weighted by Crippen LogP contribution is -2.39.